The van der Waals surface area contributed by atoms with Crippen LogP contribution in [-0.2, 0) is 12.8 Å². The third-order valence-corrected chi connectivity index (χ3v) is 2.69. The largest absolute Gasteiger partial charge is 0.414 e. The van der Waals surface area contributed by atoms with E-state index in [2.05, 4.69) is 10.2 Å². The number of nitrogens with one attached hydrogen (secondary N) is 1. The highest BCUT2D eigenvalue weighted by molar-refractivity contribution is 7.71. The minimum atomic E-state index is 0.297. The van der Waals surface area contributed by atoms with Gasteiger partial charge in [-0.25, -0.2) is 5.10 Å². The summed E-state index contributed by atoms with van der Waals surface area (Å²) in [5.74, 6) is 0.596. The topological polar surface area (TPSA) is 67.8 Å². The molecule has 0 aliphatic rings. The summed E-state index contributed by atoms with van der Waals surface area (Å²) in [4.78, 5) is 0.297. The predicted octanol–water partition coefficient (Wildman–Crippen LogP) is 2.75. The van der Waals surface area contributed by atoms with Crippen LogP contribution in [0.15, 0.2) is 22.6 Å². The summed E-state index contributed by atoms with van der Waals surface area (Å²) in [5.41, 5.74) is 7.37. The molecule has 16 heavy (non-hydrogen) atoms. The van der Waals surface area contributed by atoms with Crippen LogP contribution in [-0.4, -0.2) is 10.2 Å². The normalized spacial score (nSPS) is 10.6. The van der Waals surface area contributed by atoms with Gasteiger partial charge in [-0.3, -0.25) is 0 Å². The molecule has 0 saturated carbocycles. The zero-order chi connectivity index (χ0) is 11.5. The van der Waals surface area contributed by atoms with E-state index in [0.717, 1.165) is 12.0 Å². The molecule has 2 rings (SSSR count). The monoisotopic (exact) mass is 255 g/mol. The van der Waals surface area contributed by atoms with Gasteiger partial charge in [0.25, 0.3) is 4.84 Å². The second kappa shape index (κ2) is 4.67. The molecule has 0 unspecified atom stereocenters. The molecular formula is C10H10ClN3OS. The van der Waals surface area contributed by atoms with Crippen molar-refractivity contribution in [2.75, 3.05) is 5.73 Å². The minimum Gasteiger partial charge on any atom is -0.414 e. The van der Waals surface area contributed by atoms with Crippen LogP contribution in [0.1, 0.15) is 11.5 Å². The average Bonchev–Trinajstić information content (AvgIpc) is 2.66. The molecule has 0 spiro atoms. The Kier molecular flexibility index (Phi) is 3.26. The maximum Gasteiger partial charge on any atom is 0.284 e. The lowest BCUT2D eigenvalue weighted by molar-refractivity contribution is 0.480. The molecule has 0 saturated heterocycles. The first-order valence-corrected chi connectivity index (χ1v) is 5.52. The molecule has 0 bridgehead atoms. The van der Waals surface area contributed by atoms with Crippen LogP contribution in [0.4, 0.5) is 5.69 Å². The Balaban J connectivity index is 2.04. The van der Waals surface area contributed by atoms with Crippen molar-refractivity contribution in [3.8, 4) is 0 Å². The second-order valence-electron chi connectivity index (χ2n) is 3.36. The highest BCUT2D eigenvalue weighted by atomic mass is 35.5. The Labute approximate surface area is 102 Å². The van der Waals surface area contributed by atoms with Gasteiger partial charge in [0.2, 0.25) is 5.89 Å². The molecule has 2 aromatic rings. The smallest absolute Gasteiger partial charge is 0.284 e. The van der Waals surface area contributed by atoms with Gasteiger partial charge in [0.05, 0.1) is 10.7 Å². The summed E-state index contributed by atoms with van der Waals surface area (Å²) >= 11 is 10.6. The van der Waals surface area contributed by atoms with E-state index in [9.17, 15) is 0 Å². The fraction of sp³-hybridized carbons (Fsp3) is 0.200. The van der Waals surface area contributed by atoms with E-state index in [4.69, 9.17) is 34.0 Å². The van der Waals surface area contributed by atoms with E-state index in [1.54, 1.807) is 6.07 Å². The number of nitrogens with two attached hydrogens (primary N) is 1. The zero-order valence-corrected chi connectivity index (χ0v) is 9.94. The van der Waals surface area contributed by atoms with Crippen molar-refractivity contribution in [1.29, 1.82) is 0 Å². The quantitative estimate of drug-likeness (QED) is 0.654. The third kappa shape index (κ3) is 2.62. The van der Waals surface area contributed by atoms with Crippen molar-refractivity contribution in [3.05, 3.63) is 39.5 Å². The van der Waals surface area contributed by atoms with E-state index < -0.39 is 0 Å². The Morgan fingerprint density at radius 2 is 2.25 bits per heavy atom. The molecule has 0 amide bonds. The lowest BCUT2D eigenvalue weighted by Gasteiger charge is -2.02. The van der Waals surface area contributed by atoms with E-state index in [0.29, 0.717) is 27.9 Å². The highest BCUT2D eigenvalue weighted by Gasteiger charge is 2.02. The number of hydrogen-bond acceptors (Lipinski definition) is 4. The van der Waals surface area contributed by atoms with E-state index in [1.807, 2.05) is 12.1 Å². The minimum absolute atomic E-state index is 0.297. The molecule has 3 N–H and O–H groups in total. The summed E-state index contributed by atoms with van der Waals surface area (Å²) < 4.78 is 5.15. The molecule has 0 fully saturated rings. The number of nitrogens with zero attached hydrogens (tertiary/aromatic N) is 1. The fourth-order valence-electron chi connectivity index (χ4n) is 1.37. The molecule has 0 atom stereocenters. The van der Waals surface area contributed by atoms with Crippen LogP contribution in [0.3, 0.4) is 0 Å². The predicted molar refractivity (Wildman–Crippen MR) is 65.0 cm³/mol. The molecule has 0 aliphatic heterocycles. The highest BCUT2D eigenvalue weighted by Crippen LogP contribution is 2.20. The van der Waals surface area contributed by atoms with Gasteiger partial charge in [0.1, 0.15) is 0 Å². The van der Waals surface area contributed by atoms with Gasteiger partial charge in [-0.15, -0.1) is 5.10 Å². The first kappa shape index (κ1) is 11.2. The lowest BCUT2D eigenvalue weighted by atomic mass is 10.1. The summed E-state index contributed by atoms with van der Waals surface area (Å²) in [6, 6.07) is 5.57. The molecule has 0 radical (unpaired) electrons. The molecule has 1 aromatic heterocycles. The number of halogens is 1. The molecule has 1 aromatic carbocycles. The van der Waals surface area contributed by atoms with Gasteiger partial charge >= 0.3 is 0 Å². The van der Waals surface area contributed by atoms with Crippen LogP contribution < -0.4 is 5.73 Å². The maximum atomic E-state index is 5.83. The Morgan fingerprint density at radius 3 is 2.88 bits per heavy atom. The van der Waals surface area contributed by atoms with Crippen LogP contribution >= 0.6 is 23.8 Å². The van der Waals surface area contributed by atoms with Crippen molar-refractivity contribution in [2.24, 2.45) is 0 Å². The molecule has 4 nitrogen and oxygen atoms in total. The number of H-pyrrole nitrogens is 1. The standard InChI is InChI=1S/C10H10ClN3OS/c11-7-3-1-6(5-8(7)12)2-4-9-13-14-10(16)15-9/h1,3,5H,2,4,12H2,(H,14,16). The number of benzene rings is 1. The lowest BCUT2D eigenvalue weighted by Crippen LogP contribution is -1.94. The van der Waals surface area contributed by atoms with Crippen molar-refractivity contribution in [2.45, 2.75) is 12.8 Å². The van der Waals surface area contributed by atoms with Crippen molar-refractivity contribution >= 4 is 29.5 Å². The number of hydrogen-bond donors (Lipinski definition) is 2. The Morgan fingerprint density at radius 1 is 1.44 bits per heavy atom. The Bertz CT molecular complexity index is 549. The van der Waals surface area contributed by atoms with Crippen molar-refractivity contribution in [1.82, 2.24) is 10.2 Å². The first-order valence-electron chi connectivity index (χ1n) is 4.73. The number of rotatable bonds is 3. The van der Waals surface area contributed by atoms with Crippen molar-refractivity contribution < 1.29 is 4.42 Å². The number of aryl methyl sites for hydroxylation is 2. The second-order valence-corrected chi connectivity index (χ2v) is 4.14. The molecular weight excluding hydrogens is 246 g/mol. The summed E-state index contributed by atoms with van der Waals surface area (Å²) in [6.45, 7) is 0. The number of aromatic amines is 1. The van der Waals surface area contributed by atoms with Crippen LogP contribution in [0.5, 0.6) is 0 Å². The van der Waals surface area contributed by atoms with Gasteiger partial charge in [0.15, 0.2) is 0 Å². The summed E-state index contributed by atoms with van der Waals surface area (Å²) in [6.07, 6.45) is 1.46. The maximum absolute atomic E-state index is 5.83. The fourth-order valence-corrected chi connectivity index (χ4v) is 1.63. The van der Waals surface area contributed by atoms with Gasteiger partial charge < -0.3 is 10.2 Å². The molecule has 84 valence electrons. The molecule has 0 aliphatic carbocycles. The summed E-state index contributed by atoms with van der Waals surface area (Å²) in [7, 11) is 0. The number of aromatic nitrogens is 2. The number of anilines is 1. The summed E-state index contributed by atoms with van der Waals surface area (Å²) in [5, 5.41) is 7.07. The molecule has 6 heteroatoms. The Hall–Kier alpha value is -1.33. The van der Waals surface area contributed by atoms with Crippen LogP contribution in [0.25, 0.3) is 0 Å². The SMILES string of the molecule is Nc1cc(CCc2n[nH]c(=S)o2)ccc1Cl. The van der Waals surface area contributed by atoms with Gasteiger partial charge in [-0.1, -0.05) is 17.7 Å². The van der Waals surface area contributed by atoms with Crippen molar-refractivity contribution in [3.63, 3.8) is 0 Å². The van der Waals surface area contributed by atoms with Gasteiger partial charge in [-0.2, -0.15) is 0 Å². The van der Waals surface area contributed by atoms with Gasteiger partial charge in [0, 0.05) is 6.42 Å². The van der Waals surface area contributed by atoms with Gasteiger partial charge in [-0.05, 0) is 36.3 Å². The third-order valence-electron chi connectivity index (χ3n) is 2.17. The van der Waals surface area contributed by atoms with E-state index in [1.165, 1.54) is 0 Å². The number of nitrogen functional groups attached to an aromatic ring is 1. The first-order chi connectivity index (χ1) is 7.65. The van der Waals surface area contributed by atoms with Crippen LogP contribution in [0, 0.1) is 4.84 Å². The van der Waals surface area contributed by atoms with E-state index in [-0.39, 0.29) is 0 Å². The van der Waals surface area contributed by atoms with Crippen LogP contribution in [0.2, 0.25) is 5.02 Å². The van der Waals surface area contributed by atoms with E-state index >= 15 is 0 Å². The average molecular weight is 256 g/mol. The zero-order valence-electron chi connectivity index (χ0n) is 8.37. The molecule has 1 heterocycles.